The van der Waals surface area contributed by atoms with Crippen LogP contribution in [-0.2, 0) is 9.31 Å². The Morgan fingerprint density at radius 2 is 1.86 bits per heavy atom. The zero-order chi connectivity index (χ0) is 14.8. The molecule has 21 heavy (non-hydrogen) atoms. The van der Waals surface area contributed by atoms with Gasteiger partial charge < -0.3 is 9.31 Å². The van der Waals surface area contributed by atoms with Crippen molar-refractivity contribution in [1.82, 2.24) is 9.78 Å². The van der Waals surface area contributed by atoms with Crippen LogP contribution in [0.1, 0.15) is 59.4 Å². The van der Waals surface area contributed by atoms with Gasteiger partial charge in [-0.3, -0.25) is 4.68 Å². The molecule has 0 radical (unpaired) electrons. The van der Waals surface area contributed by atoms with E-state index in [4.69, 9.17) is 14.4 Å². The van der Waals surface area contributed by atoms with Crippen molar-refractivity contribution in [2.45, 2.75) is 70.6 Å². The van der Waals surface area contributed by atoms with E-state index in [-0.39, 0.29) is 18.3 Å². The molecule has 2 heterocycles. The van der Waals surface area contributed by atoms with Gasteiger partial charge in [0.15, 0.2) is 0 Å². The molecule has 3 atom stereocenters. The van der Waals surface area contributed by atoms with Crippen LogP contribution in [0.4, 0.5) is 0 Å². The molecule has 1 aliphatic heterocycles. The lowest BCUT2D eigenvalue weighted by Crippen LogP contribution is -2.41. The first-order chi connectivity index (χ1) is 9.86. The maximum Gasteiger partial charge on any atom is 0.516 e. The second-order valence-corrected chi connectivity index (χ2v) is 8.05. The van der Waals surface area contributed by atoms with Gasteiger partial charge in [0.2, 0.25) is 0 Å². The van der Waals surface area contributed by atoms with Crippen molar-refractivity contribution < 1.29 is 9.31 Å². The lowest BCUT2D eigenvalue weighted by Gasteiger charge is -2.32. The number of rotatable bonds is 2. The lowest BCUT2D eigenvalue weighted by atomic mass is 9.85. The molecule has 2 saturated carbocycles. The molecular weight excluding hydrogens is 263 g/mol. The molecule has 1 aromatic rings. The zero-order valence-corrected chi connectivity index (χ0v) is 13.5. The number of hydrogen-bond donors (Lipinski definition) is 0. The SMILES string of the molecule is CC1(C)OB(c2ccn(C3CC4CCC3C4)n2)OC1(C)C. The summed E-state index contributed by atoms with van der Waals surface area (Å²) in [6.45, 7) is 8.33. The molecule has 3 unspecified atom stereocenters. The van der Waals surface area contributed by atoms with E-state index in [9.17, 15) is 0 Å². The van der Waals surface area contributed by atoms with Gasteiger partial charge in [-0.1, -0.05) is 6.42 Å². The number of nitrogens with zero attached hydrogens (tertiary/aromatic N) is 2. The Morgan fingerprint density at radius 3 is 2.43 bits per heavy atom. The molecule has 2 aliphatic carbocycles. The molecule has 1 saturated heterocycles. The molecule has 114 valence electrons. The first-order valence-electron chi connectivity index (χ1n) is 8.26. The Labute approximate surface area is 127 Å². The second-order valence-electron chi connectivity index (χ2n) is 8.05. The van der Waals surface area contributed by atoms with Gasteiger partial charge in [0, 0.05) is 6.20 Å². The summed E-state index contributed by atoms with van der Waals surface area (Å²) in [6.07, 6.45) is 7.62. The van der Waals surface area contributed by atoms with Crippen LogP contribution in [0, 0.1) is 11.8 Å². The Balaban J connectivity index is 1.53. The second kappa shape index (κ2) is 4.36. The monoisotopic (exact) mass is 288 g/mol. The first-order valence-corrected chi connectivity index (χ1v) is 8.26. The van der Waals surface area contributed by atoms with Gasteiger partial charge in [-0.2, -0.15) is 5.10 Å². The fourth-order valence-electron chi connectivity index (χ4n) is 4.16. The van der Waals surface area contributed by atoms with Crippen molar-refractivity contribution in [1.29, 1.82) is 0 Å². The maximum atomic E-state index is 6.09. The molecule has 4 rings (SSSR count). The van der Waals surface area contributed by atoms with E-state index in [2.05, 4.69) is 44.6 Å². The smallest absolute Gasteiger partial charge is 0.398 e. The van der Waals surface area contributed by atoms with Crippen LogP contribution in [0.15, 0.2) is 12.3 Å². The van der Waals surface area contributed by atoms with E-state index in [0.717, 1.165) is 17.4 Å². The van der Waals surface area contributed by atoms with Gasteiger partial charge in [0.25, 0.3) is 0 Å². The van der Waals surface area contributed by atoms with Crippen molar-refractivity contribution in [3.63, 3.8) is 0 Å². The van der Waals surface area contributed by atoms with E-state index in [1.807, 2.05) is 0 Å². The highest BCUT2D eigenvalue weighted by molar-refractivity contribution is 6.61. The van der Waals surface area contributed by atoms with Crippen LogP contribution in [0.5, 0.6) is 0 Å². The zero-order valence-electron chi connectivity index (χ0n) is 13.5. The summed E-state index contributed by atoms with van der Waals surface area (Å²) >= 11 is 0. The minimum atomic E-state index is -0.338. The lowest BCUT2D eigenvalue weighted by molar-refractivity contribution is 0.00578. The predicted molar refractivity (Wildman–Crippen MR) is 82.4 cm³/mol. The quantitative estimate of drug-likeness (QED) is 0.785. The van der Waals surface area contributed by atoms with Gasteiger partial charge in [0.05, 0.1) is 22.8 Å². The average Bonchev–Trinajstić information content (AvgIpc) is 3.14. The molecular formula is C16H25BN2O2. The van der Waals surface area contributed by atoms with E-state index in [0.29, 0.717) is 6.04 Å². The molecule has 3 aliphatic rings. The molecule has 3 fully saturated rings. The Bertz CT molecular complexity index is 538. The van der Waals surface area contributed by atoms with Crippen LogP contribution in [0.3, 0.4) is 0 Å². The van der Waals surface area contributed by atoms with Crippen LogP contribution in [0.25, 0.3) is 0 Å². The minimum absolute atomic E-state index is 0.298. The van der Waals surface area contributed by atoms with E-state index in [1.165, 1.54) is 25.7 Å². The molecule has 0 amide bonds. The third-order valence-electron chi connectivity index (χ3n) is 6.16. The number of hydrogen-bond acceptors (Lipinski definition) is 3. The van der Waals surface area contributed by atoms with Crippen LogP contribution < -0.4 is 5.59 Å². The normalized spacial score (nSPS) is 36.6. The average molecular weight is 288 g/mol. The summed E-state index contributed by atoms with van der Waals surface area (Å²) < 4.78 is 14.4. The molecule has 5 heteroatoms. The van der Waals surface area contributed by atoms with Gasteiger partial charge in [-0.15, -0.1) is 0 Å². The highest BCUT2D eigenvalue weighted by Crippen LogP contribution is 2.50. The summed E-state index contributed by atoms with van der Waals surface area (Å²) in [5.74, 6) is 1.77. The first kappa shape index (κ1) is 13.8. The van der Waals surface area contributed by atoms with Crippen molar-refractivity contribution in [3.8, 4) is 0 Å². The molecule has 4 nitrogen and oxygen atoms in total. The Hall–Kier alpha value is -0.805. The van der Waals surface area contributed by atoms with Gasteiger partial charge >= 0.3 is 7.12 Å². The highest BCUT2D eigenvalue weighted by Gasteiger charge is 2.52. The van der Waals surface area contributed by atoms with Gasteiger partial charge in [-0.25, -0.2) is 0 Å². The van der Waals surface area contributed by atoms with Gasteiger partial charge in [-0.05, 0) is 64.9 Å². The topological polar surface area (TPSA) is 36.3 Å². The Kier molecular flexibility index (Phi) is 2.87. The van der Waals surface area contributed by atoms with Crippen LogP contribution in [0.2, 0.25) is 0 Å². The fraction of sp³-hybridized carbons (Fsp3) is 0.812. The summed E-state index contributed by atoms with van der Waals surface area (Å²) in [4.78, 5) is 0. The third kappa shape index (κ3) is 2.08. The standard InChI is InChI=1S/C16H25BN2O2/c1-15(2)16(3,4)21-17(20-15)14-7-8-19(18-14)13-10-11-5-6-12(13)9-11/h7-8,11-13H,5-6,9-10H2,1-4H3. The van der Waals surface area contributed by atoms with Crippen molar-refractivity contribution in [3.05, 3.63) is 12.3 Å². The van der Waals surface area contributed by atoms with E-state index < -0.39 is 0 Å². The summed E-state index contributed by atoms with van der Waals surface area (Å²) in [5, 5.41) is 4.79. The van der Waals surface area contributed by atoms with Gasteiger partial charge in [0.1, 0.15) is 0 Å². The summed E-state index contributed by atoms with van der Waals surface area (Å²) in [5.41, 5.74) is 0.318. The maximum absolute atomic E-state index is 6.09. The molecule has 0 N–H and O–H groups in total. The fourth-order valence-corrected chi connectivity index (χ4v) is 4.16. The number of aromatic nitrogens is 2. The molecule has 2 bridgehead atoms. The van der Waals surface area contributed by atoms with E-state index >= 15 is 0 Å². The van der Waals surface area contributed by atoms with Crippen LogP contribution >= 0.6 is 0 Å². The molecule has 0 aromatic carbocycles. The Morgan fingerprint density at radius 1 is 1.14 bits per heavy atom. The minimum Gasteiger partial charge on any atom is -0.398 e. The van der Waals surface area contributed by atoms with Crippen LogP contribution in [-0.4, -0.2) is 28.1 Å². The van der Waals surface area contributed by atoms with Crippen molar-refractivity contribution >= 4 is 12.7 Å². The van der Waals surface area contributed by atoms with Crippen molar-refractivity contribution in [2.24, 2.45) is 11.8 Å². The third-order valence-corrected chi connectivity index (χ3v) is 6.16. The molecule has 1 aromatic heterocycles. The van der Waals surface area contributed by atoms with Crippen molar-refractivity contribution in [2.75, 3.05) is 0 Å². The van der Waals surface area contributed by atoms with E-state index in [1.54, 1.807) is 0 Å². The number of fused-ring (bicyclic) bond motifs is 2. The molecule has 0 spiro atoms. The summed E-state index contributed by atoms with van der Waals surface area (Å²) in [6, 6.07) is 2.66. The predicted octanol–water partition coefficient (Wildman–Crippen LogP) is 2.54. The summed E-state index contributed by atoms with van der Waals surface area (Å²) in [7, 11) is -0.338. The largest absolute Gasteiger partial charge is 0.516 e. The highest BCUT2D eigenvalue weighted by atomic mass is 16.7.